The van der Waals surface area contributed by atoms with Crippen molar-refractivity contribution in [2.45, 2.75) is 29.2 Å². The number of carbonyl (C=O) groups excluding carboxylic acids is 1. The number of nitriles is 1. The normalized spacial score (nSPS) is 19.1. The zero-order valence-electron chi connectivity index (χ0n) is 17.8. The Morgan fingerprint density at radius 3 is 2.27 bits per heavy atom. The van der Waals surface area contributed by atoms with Gasteiger partial charge in [-0.2, -0.15) is 5.26 Å². The minimum atomic E-state index is -1.32. The van der Waals surface area contributed by atoms with Crippen LogP contribution in [0.25, 0.3) is 0 Å². The predicted octanol–water partition coefficient (Wildman–Crippen LogP) is 6.50. The molecule has 0 spiro atoms. The maximum atomic E-state index is 13.3. The van der Waals surface area contributed by atoms with Crippen LogP contribution >= 0.6 is 23.2 Å². The summed E-state index contributed by atoms with van der Waals surface area (Å²) in [6.07, 6.45) is -0.966. The first-order valence-electron chi connectivity index (χ1n) is 10.4. The zero-order chi connectivity index (χ0) is 23.5. The highest BCUT2D eigenvalue weighted by Crippen LogP contribution is 2.65. The van der Waals surface area contributed by atoms with Crippen LogP contribution in [0.4, 0.5) is 0 Å². The number of halogens is 2. The highest BCUT2D eigenvalue weighted by atomic mass is 35.5. The van der Waals surface area contributed by atoms with Crippen LogP contribution in [0.5, 0.6) is 17.2 Å². The van der Waals surface area contributed by atoms with Crippen LogP contribution in [0, 0.1) is 11.3 Å². The van der Waals surface area contributed by atoms with E-state index in [1.165, 1.54) is 0 Å². The molecule has 1 aliphatic rings. The second-order valence-electron chi connectivity index (χ2n) is 7.65. The van der Waals surface area contributed by atoms with Gasteiger partial charge < -0.3 is 14.2 Å². The summed E-state index contributed by atoms with van der Waals surface area (Å²) in [5, 5.41) is 9.74. The lowest BCUT2D eigenvalue weighted by Gasteiger charge is -2.20. The predicted molar refractivity (Wildman–Crippen MR) is 126 cm³/mol. The first-order chi connectivity index (χ1) is 15.9. The molecule has 0 radical (unpaired) electrons. The van der Waals surface area contributed by atoms with Crippen LogP contribution in [0.3, 0.4) is 0 Å². The van der Waals surface area contributed by atoms with E-state index in [-0.39, 0.29) is 6.42 Å². The number of esters is 1. The van der Waals surface area contributed by atoms with Crippen molar-refractivity contribution in [3.8, 4) is 23.3 Å². The summed E-state index contributed by atoms with van der Waals surface area (Å²) in [4.78, 5) is 13.3. The van der Waals surface area contributed by atoms with E-state index in [4.69, 9.17) is 37.4 Å². The van der Waals surface area contributed by atoms with Gasteiger partial charge in [0.25, 0.3) is 0 Å². The summed E-state index contributed by atoms with van der Waals surface area (Å²) >= 11 is 12.8. The molecule has 7 heteroatoms. The third-order valence-electron chi connectivity index (χ3n) is 5.48. The Hall–Kier alpha value is -3.20. The van der Waals surface area contributed by atoms with Crippen LogP contribution in [-0.4, -0.2) is 16.9 Å². The Morgan fingerprint density at radius 1 is 1.00 bits per heavy atom. The Labute approximate surface area is 202 Å². The molecule has 0 bridgehead atoms. The smallest absolute Gasteiger partial charge is 0.321 e. The summed E-state index contributed by atoms with van der Waals surface area (Å²) in [6.45, 7) is 2.41. The molecular weight excluding hydrogens is 461 g/mol. The maximum Gasteiger partial charge on any atom is 0.321 e. The molecule has 1 aliphatic carbocycles. The second kappa shape index (κ2) is 9.35. The van der Waals surface area contributed by atoms with Crippen LogP contribution in [0.15, 0.2) is 78.9 Å². The van der Waals surface area contributed by atoms with E-state index in [0.29, 0.717) is 35.0 Å². The van der Waals surface area contributed by atoms with E-state index in [1.54, 1.807) is 48.5 Å². The minimum Gasteiger partial charge on any atom is -0.494 e. The number of ether oxygens (including phenoxy) is 3. The largest absolute Gasteiger partial charge is 0.494 e. The molecule has 5 nitrogen and oxygen atoms in total. The van der Waals surface area contributed by atoms with Crippen molar-refractivity contribution < 1.29 is 19.0 Å². The van der Waals surface area contributed by atoms with E-state index in [0.717, 1.165) is 0 Å². The molecule has 0 aromatic heterocycles. The molecule has 168 valence electrons. The van der Waals surface area contributed by atoms with Crippen molar-refractivity contribution in [3.05, 3.63) is 90.0 Å². The highest BCUT2D eigenvalue weighted by Gasteiger charge is 2.73. The van der Waals surface area contributed by atoms with Crippen LogP contribution in [-0.2, 0) is 14.9 Å². The van der Waals surface area contributed by atoms with Crippen molar-refractivity contribution in [1.29, 1.82) is 5.26 Å². The second-order valence-corrected chi connectivity index (χ2v) is 9.13. The molecule has 3 aromatic rings. The Kier molecular flexibility index (Phi) is 6.51. The van der Waals surface area contributed by atoms with Gasteiger partial charge in [-0.15, -0.1) is 0 Å². The molecule has 4 rings (SSSR count). The standard InChI is InChI=1S/C26H21Cl2NO4/c1-2-31-20-13-11-19(12-14-20)25(17-26(25,27)28)24(30)33-23(16-29)18-7-6-10-22(15-18)32-21-8-4-3-5-9-21/h3-15,23H,2,17H2,1H3/t23-,25-/m1/s1. The van der Waals surface area contributed by atoms with Gasteiger partial charge in [-0.3, -0.25) is 4.79 Å². The fraction of sp³-hybridized carbons (Fsp3) is 0.231. The van der Waals surface area contributed by atoms with E-state index >= 15 is 0 Å². The monoisotopic (exact) mass is 481 g/mol. The molecule has 0 amide bonds. The van der Waals surface area contributed by atoms with Crippen LogP contribution in [0.1, 0.15) is 30.6 Å². The lowest BCUT2D eigenvalue weighted by atomic mass is 9.95. The molecular formula is C26H21Cl2NO4. The molecule has 0 saturated heterocycles. The Balaban J connectivity index is 1.55. The first kappa shape index (κ1) is 23.0. The molecule has 1 fully saturated rings. The van der Waals surface area contributed by atoms with Crippen molar-refractivity contribution in [3.63, 3.8) is 0 Å². The van der Waals surface area contributed by atoms with Gasteiger partial charge in [0, 0.05) is 12.0 Å². The van der Waals surface area contributed by atoms with Crippen molar-refractivity contribution in [2.75, 3.05) is 6.61 Å². The summed E-state index contributed by atoms with van der Waals surface area (Å²) < 4.78 is 15.6. The van der Waals surface area contributed by atoms with Crippen LogP contribution in [0.2, 0.25) is 0 Å². The molecule has 2 atom stereocenters. The number of nitrogens with zero attached hydrogens (tertiary/aromatic N) is 1. The summed E-state index contributed by atoms with van der Waals surface area (Å²) in [5.41, 5.74) is -0.163. The number of carbonyl (C=O) groups is 1. The van der Waals surface area contributed by atoms with Gasteiger partial charge in [0.1, 0.15) is 33.1 Å². The Morgan fingerprint density at radius 2 is 1.67 bits per heavy atom. The average Bonchev–Trinajstić information content (AvgIpc) is 3.42. The summed E-state index contributed by atoms with van der Waals surface area (Å²) in [7, 11) is 0. The molecule has 0 heterocycles. The van der Waals surface area contributed by atoms with Gasteiger partial charge in [-0.05, 0) is 48.9 Å². The zero-order valence-corrected chi connectivity index (χ0v) is 19.3. The Bertz CT molecular complexity index is 1170. The van der Waals surface area contributed by atoms with Gasteiger partial charge in [0.05, 0.1) is 6.61 Å². The van der Waals surface area contributed by atoms with Gasteiger partial charge in [0.2, 0.25) is 6.10 Å². The molecule has 3 aromatic carbocycles. The third kappa shape index (κ3) is 4.64. The lowest BCUT2D eigenvalue weighted by Crippen LogP contribution is -2.30. The van der Waals surface area contributed by atoms with Crippen molar-refractivity contribution in [2.24, 2.45) is 0 Å². The number of benzene rings is 3. The fourth-order valence-electron chi connectivity index (χ4n) is 3.69. The van der Waals surface area contributed by atoms with E-state index in [1.807, 2.05) is 43.3 Å². The quantitative estimate of drug-likeness (QED) is 0.271. The summed E-state index contributed by atoms with van der Waals surface area (Å²) in [5.74, 6) is 1.19. The van der Waals surface area contributed by atoms with E-state index < -0.39 is 21.8 Å². The lowest BCUT2D eigenvalue weighted by molar-refractivity contribution is -0.150. The van der Waals surface area contributed by atoms with Crippen molar-refractivity contribution >= 4 is 29.2 Å². The van der Waals surface area contributed by atoms with Crippen LogP contribution < -0.4 is 9.47 Å². The SMILES string of the molecule is CCOc1ccc([C@@]2(C(=O)O[C@H](C#N)c3cccc(Oc4ccccc4)c3)CC2(Cl)Cl)cc1. The molecule has 33 heavy (non-hydrogen) atoms. The average molecular weight is 482 g/mol. The van der Waals surface area contributed by atoms with Gasteiger partial charge in [0.15, 0.2) is 0 Å². The fourth-order valence-corrected chi connectivity index (χ4v) is 4.46. The number of alkyl halides is 2. The van der Waals surface area contributed by atoms with Crippen molar-refractivity contribution in [1.82, 2.24) is 0 Å². The number of hydrogen-bond acceptors (Lipinski definition) is 5. The summed E-state index contributed by atoms with van der Waals surface area (Å²) in [6, 6.07) is 25.1. The molecule has 0 aliphatic heterocycles. The number of rotatable bonds is 8. The topological polar surface area (TPSA) is 68.5 Å². The molecule has 0 N–H and O–H groups in total. The molecule has 1 saturated carbocycles. The molecule has 0 unspecified atom stereocenters. The number of para-hydroxylation sites is 1. The van der Waals surface area contributed by atoms with E-state index in [2.05, 4.69) is 0 Å². The van der Waals surface area contributed by atoms with Gasteiger partial charge in [-0.1, -0.05) is 65.7 Å². The number of hydrogen-bond donors (Lipinski definition) is 0. The third-order valence-corrected chi connectivity index (χ3v) is 6.39. The van der Waals surface area contributed by atoms with Gasteiger partial charge in [-0.25, -0.2) is 0 Å². The van der Waals surface area contributed by atoms with Gasteiger partial charge >= 0.3 is 5.97 Å². The highest BCUT2D eigenvalue weighted by molar-refractivity contribution is 6.54. The van der Waals surface area contributed by atoms with E-state index in [9.17, 15) is 10.1 Å². The maximum absolute atomic E-state index is 13.3. The first-order valence-corrected chi connectivity index (χ1v) is 11.2. The minimum absolute atomic E-state index is 0.186.